The summed E-state index contributed by atoms with van der Waals surface area (Å²) in [5.41, 5.74) is 3.01. The molecule has 2 aliphatic rings. The lowest BCUT2D eigenvalue weighted by molar-refractivity contribution is 0.196. The Morgan fingerprint density at radius 3 is 2.62 bits per heavy atom. The highest BCUT2D eigenvalue weighted by molar-refractivity contribution is 5.61. The highest BCUT2D eigenvalue weighted by atomic mass is 15.4. The maximum absolute atomic E-state index is 6.11. The normalized spacial score (nSPS) is 23.8. The Morgan fingerprint density at radius 1 is 1.19 bits per heavy atom. The van der Waals surface area contributed by atoms with Crippen molar-refractivity contribution in [3.63, 3.8) is 0 Å². The van der Waals surface area contributed by atoms with Crippen LogP contribution in [0.5, 0.6) is 0 Å². The van der Waals surface area contributed by atoms with Gasteiger partial charge in [0.05, 0.1) is 5.69 Å². The Morgan fingerprint density at radius 2 is 1.88 bits per heavy atom. The van der Waals surface area contributed by atoms with Crippen LogP contribution in [0, 0.1) is 0 Å². The fourth-order valence-corrected chi connectivity index (χ4v) is 3.14. The van der Waals surface area contributed by atoms with E-state index in [1.165, 1.54) is 37.2 Å². The molecule has 16 heavy (non-hydrogen) atoms. The average molecular weight is 217 g/mol. The molecule has 1 aromatic carbocycles. The lowest BCUT2D eigenvalue weighted by Gasteiger charge is -2.38. The maximum Gasteiger partial charge on any atom is 0.0555 e. The van der Waals surface area contributed by atoms with E-state index in [4.69, 9.17) is 5.84 Å². The summed E-state index contributed by atoms with van der Waals surface area (Å²) in [6.45, 7) is 3.35. The Kier molecular flexibility index (Phi) is 2.19. The van der Waals surface area contributed by atoms with Crippen LogP contribution in [0.2, 0.25) is 0 Å². The van der Waals surface area contributed by atoms with Crippen molar-refractivity contribution in [2.24, 2.45) is 5.84 Å². The van der Waals surface area contributed by atoms with E-state index < -0.39 is 0 Å². The van der Waals surface area contributed by atoms with Crippen LogP contribution >= 0.6 is 0 Å². The number of hydrogen-bond acceptors (Lipinski definition) is 3. The second-order valence-corrected chi connectivity index (χ2v) is 5.23. The molecule has 3 nitrogen and oxygen atoms in total. The molecule has 2 heterocycles. The highest BCUT2D eigenvalue weighted by Crippen LogP contribution is 2.45. The first-order valence-corrected chi connectivity index (χ1v) is 6.02. The number of piperidine rings is 1. The molecule has 1 spiro atoms. The molecule has 0 aliphatic carbocycles. The zero-order valence-electron chi connectivity index (χ0n) is 9.82. The van der Waals surface area contributed by atoms with Gasteiger partial charge in [0.15, 0.2) is 0 Å². The van der Waals surface area contributed by atoms with E-state index in [2.05, 4.69) is 36.2 Å². The third kappa shape index (κ3) is 1.35. The molecule has 0 atom stereocenters. The number of likely N-dealkylation sites (tertiary alicyclic amines) is 1. The maximum atomic E-state index is 6.11. The van der Waals surface area contributed by atoms with Crippen molar-refractivity contribution >= 4 is 5.69 Å². The Labute approximate surface area is 96.8 Å². The molecule has 2 N–H and O–H groups in total. The Bertz CT molecular complexity index is 394. The number of nitrogens with two attached hydrogens (primary N) is 1. The topological polar surface area (TPSA) is 32.5 Å². The smallest absolute Gasteiger partial charge is 0.0555 e. The van der Waals surface area contributed by atoms with Crippen LogP contribution in [0.3, 0.4) is 0 Å². The van der Waals surface area contributed by atoms with E-state index in [0.29, 0.717) is 5.41 Å². The van der Waals surface area contributed by atoms with Gasteiger partial charge in [-0.05, 0) is 44.6 Å². The third-order valence-corrected chi connectivity index (χ3v) is 4.20. The number of hydrazine groups is 1. The molecular formula is C13H19N3. The standard InChI is InChI=1S/C13H19N3/c1-15-8-6-13(7-9-15)10-16(14)12-5-3-2-4-11(12)13/h2-5H,6-10,14H2,1H3. The summed E-state index contributed by atoms with van der Waals surface area (Å²) in [5.74, 6) is 6.11. The summed E-state index contributed by atoms with van der Waals surface area (Å²) in [6.07, 6.45) is 2.46. The summed E-state index contributed by atoms with van der Waals surface area (Å²) >= 11 is 0. The molecule has 0 saturated carbocycles. The van der Waals surface area contributed by atoms with Crippen LogP contribution in [0.4, 0.5) is 5.69 Å². The van der Waals surface area contributed by atoms with Gasteiger partial charge in [0.2, 0.25) is 0 Å². The van der Waals surface area contributed by atoms with Crippen LogP contribution < -0.4 is 10.9 Å². The predicted molar refractivity (Wildman–Crippen MR) is 66.4 cm³/mol. The van der Waals surface area contributed by atoms with Gasteiger partial charge in [-0.1, -0.05) is 18.2 Å². The molecule has 1 aromatic rings. The monoisotopic (exact) mass is 217 g/mol. The minimum absolute atomic E-state index is 0.317. The molecule has 86 valence electrons. The summed E-state index contributed by atoms with van der Waals surface area (Å²) in [7, 11) is 2.20. The number of benzene rings is 1. The zero-order chi connectivity index (χ0) is 11.2. The number of fused-ring (bicyclic) bond motifs is 2. The fourth-order valence-electron chi connectivity index (χ4n) is 3.14. The van der Waals surface area contributed by atoms with E-state index in [1.54, 1.807) is 0 Å². The van der Waals surface area contributed by atoms with Crippen LogP contribution in [0.1, 0.15) is 18.4 Å². The minimum Gasteiger partial charge on any atom is -0.310 e. The van der Waals surface area contributed by atoms with Gasteiger partial charge in [-0.3, -0.25) is 0 Å². The fraction of sp³-hybridized carbons (Fsp3) is 0.538. The van der Waals surface area contributed by atoms with Crippen LogP contribution in [-0.2, 0) is 5.41 Å². The summed E-state index contributed by atoms with van der Waals surface area (Å²) in [6, 6.07) is 8.61. The lowest BCUT2D eigenvalue weighted by Crippen LogP contribution is -2.45. The van der Waals surface area contributed by atoms with E-state index in [0.717, 1.165) is 6.54 Å². The van der Waals surface area contributed by atoms with E-state index in [1.807, 2.05) is 5.01 Å². The van der Waals surface area contributed by atoms with Crippen molar-refractivity contribution < 1.29 is 0 Å². The van der Waals surface area contributed by atoms with Gasteiger partial charge in [-0.2, -0.15) is 0 Å². The average Bonchev–Trinajstić information content (AvgIpc) is 2.58. The number of rotatable bonds is 0. The van der Waals surface area contributed by atoms with Gasteiger partial charge < -0.3 is 9.91 Å². The first-order chi connectivity index (χ1) is 7.71. The van der Waals surface area contributed by atoms with Crippen molar-refractivity contribution in [1.82, 2.24) is 4.90 Å². The lowest BCUT2D eigenvalue weighted by atomic mass is 9.74. The van der Waals surface area contributed by atoms with Gasteiger partial charge in [0.25, 0.3) is 0 Å². The number of hydrogen-bond donors (Lipinski definition) is 1. The first-order valence-electron chi connectivity index (χ1n) is 6.02. The second kappa shape index (κ2) is 3.47. The Hall–Kier alpha value is -1.06. The number of nitrogens with zero attached hydrogens (tertiary/aromatic N) is 2. The molecule has 1 fully saturated rings. The van der Waals surface area contributed by atoms with Gasteiger partial charge in [-0.25, -0.2) is 5.84 Å². The molecule has 0 unspecified atom stereocenters. The van der Waals surface area contributed by atoms with Crippen molar-refractivity contribution in [3.05, 3.63) is 29.8 Å². The molecule has 0 bridgehead atoms. The summed E-state index contributed by atoms with van der Waals surface area (Å²) in [4.78, 5) is 2.41. The van der Waals surface area contributed by atoms with Crippen molar-refractivity contribution in [2.45, 2.75) is 18.3 Å². The molecule has 0 amide bonds. The van der Waals surface area contributed by atoms with E-state index in [9.17, 15) is 0 Å². The summed E-state index contributed by atoms with van der Waals surface area (Å²) < 4.78 is 0. The highest BCUT2D eigenvalue weighted by Gasteiger charge is 2.43. The van der Waals surface area contributed by atoms with Crippen LogP contribution in [0.15, 0.2) is 24.3 Å². The zero-order valence-corrected chi connectivity index (χ0v) is 9.82. The largest absolute Gasteiger partial charge is 0.310 e. The third-order valence-electron chi connectivity index (χ3n) is 4.20. The quantitative estimate of drug-likeness (QED) is 0.666. The molecular weight excluding hydrogens is 198 g/mol. The van der Waals surface area contributed by atoms with E-state index in [-0.39, 0.29) is 0 Å². The van der Waals surface area contributed by atoms with Gasteiger partial charge in [-0.15, -0.1) is 0 Å². The second-order valence-electron chi connectivity index (χ2n) is 5.23. The minimum atomic E-state index is 0.317. The predicted octanol–water partition coefficient (Wildman–Crippen LogP) is 1.34. The van der Waals surface area contributed by atoms with Crippen LogP contribution in [0.25, 0.3) is 0 Å². The van der Waals surface area contributed by atoms with Gasteiger partial charge in [0.1, 0.15) is 0 Å². The van der Waals surface area contributed by atoms with Crippen molar-refractivity contribution in [3.8, 4) is 0 Å². The van der Waals surface area contributed by atoms with E-state index >= 15 is 0 Å². The molecule has 0 radical (unpaired) electrons. The van der Waals surface area contributed by atoms with Crippen molar-refractivity contribution in [2.75, 3.05) is 31.7 Å². The number of para-hydroxylation sites is 1. The summed E-state index contributed by atoms with van der Waals surface area (Å²) in [5, 5.41) is 1.93. The molecule has 0 aromatic heterocycles. The number of anilines is 1. The first kappa shape index (κ1) is 10.1. The molecule has 1 saturated heterocycles. The SMILES string of the molecule is CN1CCC2(CC1)CN(N)c1ccccc12. The van der Waals surface area contributed by atoms with Gasteiger partial charge >= 0.3 is 0 Å². The van der Waals surface area contributed by atoms with Crippen molar-refractivity contribution in [1.29, 1.82) is 0 Å². The molecule has 3 rings (SSSR count). The molecule has 3 heteroatoms. The Balaban J connectivity index is 1.99. The van der Waals surface area contributed by atoms with Crippen LogP contribution in [-0.4, -0.2) is 31.6 Å². The molecule has 2 aliphatic heterocycles. The van der Waals surface area contributed by atoms with Gasteiger partial charge in [0, 0.05) is 12.0 Å².